The normalized spacial score (nSPS) is 0. The van der Waals surface area contributed by atoms with Gasteiger partial charge in [-0.1, -0.05) is 0 Å². The van der Waals surface area contributed by atoms with Gasteiger partial charge in [-0.15, -0.1) is 0 Å². The number of hydrogen-bond donors (Lipinski definition) is 0. The average Bonchev–Trinajstić information content (AvgIpc) is 0. The van der Waals surface area contributed by atoms with Crippen molar-refractivity contribution >= 4 is 23.1 Å². The summed E-state index contributed by atoms with van der Waals surface area (Å²) in [6.07, 6.45) is 0. The summed E-state index contributed by atoms with van der Waals surface area (Å²) in [5.41, 5.74) is 0. The van der Waals surface area contributed by atoms with Crippen LogP contribution in [0, 0.1) is 0 Å². The van der Waals surface area contributed by atoms with Crippen molar-refractivity contribution in [2.75, 3.05) is 0 Å². The molecule has 10 N–H and O–H groups in total. The molecule has 0 aliphatic carbocycles. The molecule has 0 saturated heterocycles. The van der Waals surface area contributed by atoms with E-state index in [0.717, 1.165) is 0 Å². The Bertz CT molecular complexity index is 11.0. The molecular formula is H10Br2MgO6-2. The SMILES string of the molecule is O.O.O.O.[Br-].[Br-].[Mg+2].[OH-].[OH-]. The molecule has 0 atom stereocenters. The van der Waals surface area contributed by atoms with Gasteiger partial charge in [0.25, 0.3) is 0 Å². The number of rotatable bonds is 0. The number of hydrogen-bond acceptors (Lipinski definition) is 2. The summed E-state index contributed by atoms with van der Waals surface area (Å²) in [5.74, 6) is 0. The van der Waals surface area contributed by atoms with Crippen LogP contribution >= 0.6 is 0 Å². The zero-order valence-electron chi connectivity index (χ0n) is 4.36. The Balaban J connectivity index is 0. The molecule has 0 bridgehead atoms. The third kappa shape index (κ3) is 241. The molecule has 0 fully saturated rings. The van der Waals surface area contributed by atoms with Gasteiger partial charge in [0, 0.05) is 0 Å². The summed E-state index contributed by atoms with van der Waals surface area (Å²) in [7, 11) is 0. The van der Waals surface area contributed by atoms with Crippen LogP contribution in [0.4, 0.5) is 0 Å². The van der Waals surface area contributed by atoms with Gasteiger partial charge >= 0.3 is 23.1 Å². The van der Waals surface area contributed by atoms with Crippen molar-refractivity contribution in [3.63, 3.8) is 0 Å². The molecule has 0 unspecified atom stereocenters. The van der Waals surface area contributed by atoms with Crippen LogP contribution in [0.2, 0.25) is 0 Å². The van der Waals surface area contributed by atoms with Gasteiger partial charge in [0.05, 0.1) is 0 Å². The summed E-state index contributed by atoms with van der Waals surface area (Å²) in [6.45, 7) is 0. The third-order valence-electron chi connectivity index (χ3n) is 0. The summed E-state index contributed by atoms with van der Waals surface area (Å²) < 4.78 is 0. The monoisotopic (exact) mass is 288 g/mol. The van der Waals surface area contributed by atoms with E-state index in [0.29, 0.717) is 0 Å². The quantitative estimate of drug-likeness (QED) is 0.401. The van der Waals surface area contributed by atoms with Crippen LogP contribution in [0.5, 0.6) is 0 Å². The Hall–Kier alpha value is 1.49. The molecule has 0 aromatic carbocycles. The van der Waals surface area contributed by atoms with Gasteiger partial charge in [0.15, 0.2) is 0 Å². The van der Waals surface area contributed by atoms with Crippen molar-refractivity contribution in [2.24, 2.45) is 0 Å². The largest absolute Gasteiger partial charge is 2.00 e. The molecular weight excluding hydrogens is 280 g/mol. The molecule has 0 radical (unpaired) electrons. The first-order chi connectivity index (χ1) is 0. The molecule has 0 aliphatic rings. The fourth-order valence-corrected chi connectivity index (χ4v) is 0. The van der Waals surface area contributed by atoms with Crippen molar-refractivity contribution < 1.29 is 66.8 Å². The van der Waals surface area contributed by atoms with Crippen LogP contribution in [0.25, 0.3) is 0 Å². The maximum atomic E-state index is 0. The van der Waals surface area contributed by atoms with Gasteiger partial charge in [0.2, 0.25) is 0 Å². The van der Waals surface area contributed by atoms with E-state index in [9.17, 15) is 0 Å². The zero-order chi connectivity index (χ0) is 0. The van der Waals surface area contributed by atoms with E-state index in [1.807, 2.05) is 0 Å². The van der Waals surface area contributed by atoms with Crippen LogP contribution in [-0.4, -0.2) is 55.9 Å². The van der Waals surface area contributed by atoms with E-state index in [4.69, 9.17) is 0 Å². The fourth-order valence-electron chi connectivity index (χ4n) is 0. The zero-order valence-corrected chi connectivity index (χ0v) is 8.94. The van der Waals surface area contributed by atoms with Crippen LogP contribution < -0.4 is 34.0 Å². The van der Waals surface area contributed by atoms with E-state index < -0.39 is 0 Å². The molecule has 0 aromatic heterocycles. The topological polar surface area (TPSA) is 186 Å². The molecule has 64 valence electrons. The second-order valence-electron chi connectivity index (χ2n) is 0. The molecule has 0 saturated carbocycles. The van der Waals surface area contributed by atoms with Crippen molar-refractivity contribution in [2.45, 2.75) is 0 Å². The van der Waals surface area contributed by atoms with Crippen molar-refractivity contribution in [3.8, 4) is 0 Å². The van der Waals surface area contributed by atoms with E-state index in [1.165, 1.54) is 0 Å². The van der Waals surface area contributed by atoms with Crippen LogP contribution in [0.3, 0.4) is 0 Å². The van der Waals surface area contributed by atoms with Crippen molar-refractivity contribution in [1.82, 2.24) is 0 Å². The van der Waals surface area contributed by atoms with Gasteiger partial charge in [-0.2, -0.15) is 0 Å². The minimum atomic E-state index is 0. The number of halogens is 2. The Kier molecular flexibility index (Phi) is 14700. The molecule has 0 rings (SSSR count). The Labute approximate surface area is 89.5 Å². The van der Waals surface area contributed by atoms with Crippen LogP contribution in [-0.2, 0) is 0 Å². The van der Waals surface area contributed by atoms with Gasteiger partial charge in [-0.25, -0.2) is 0 Å². The smallest absolute Gasteiger partial charge is 1.00 e. The molecule has 0 heterocycles. The second kappa shape index (κ2) is 309. The molecule has 0 aromatic rings. The molecule has 9 heteroatoms. The van der Waals surface area contributed by atoms with E-state index in [1.54, 1.807) is 0 Å². The maximum Gasteiger partial charge on any atom is 2.00 e. The van der Waals surface area contributed by atoms with E-state index in [-0.39, 0.29) is 89.9 Å². The summed E-state index contributed by atoms with van der Waals surface area (Å²) in [5, 5.41) is 0. The molecule has 0 spiro atoms. The maximum absolute atomic E-state index is 0. The summed E-state index contributed by atoms with van der Waals surface area (Å²) >= 11 is 0. The van der Waals surface area contributed by atoms with Gasteiger partial charge in [-0.05, 0) is 0 Å². The minimum absolute atomic E-state index is 0. The Morgan fingerprint density at radius 1 is 0.444 bits per heavy atom. The van der Waals surface area contributed by atoms with Crippen molar-refractivity contribution in [3.05, 3.63) is 0 Å². The Morgan fingerprint density at radius 2 is 0.444 bits per heavy atom. The predicted octanol–water partition coefficient (Wildman–Crippen LogP) is -10.0. The first-order valence-electron chi connectivity index (χ1n) is 0. The molecule has 9 heavy (non-hydrogen) atoms. The van der Waals surface area contributed by atoms with E-state index >= 15 is 0 Å². The first-order valence-corrected chi connectivity index (χ1v) is 0. The average molecular weight is 290 g/mol. The molecule has 0 amide bonds. The third-order valence-corrected chi connectivity index (χ3v) is 0. The fraction of sp³-hybridized carbons (Fsp3) is 0. The summed E-state index contributed by atoms with van der Waals surface area (Å²) in [4.78, 5) is 0. The summed E-state index contributed by atoms with van der Waals surface area (Å²) in [6, 6.07) is 0. The van der Waals surface area contributed by atoms with Crippen LogP contribution in [0.1, 0.15) is 0 Å². The first kappa shape index (κ1) is 427. The van der Waals surface area contributed by atoms with Gasteiger partial charge in [0.1, 0.15) is 0 Å². The predicted molar refractivity (Wildman–Crippen MR) is 24.1 cm³/mol. The van der Waals surface area contributed by atoms with Crippen molar-refractivity contribution in [1.29, 1.82) is 0 Å². The molecule has 0 aliphatic heterocycles. The van der Waals surface area contributed by atoms with Gasteiger partial charge in [-0.3, -0.25) is 0 Å². The minimum Gasteiger partial charge on any atom is -1.00 e. The second-order valence-corrected chi connectivity index (χ2v) is 0. The Morgan fingerprint density at radius 3 is 0.444 bits per heavy atom. The standard InChI is InChI=1S/2BrH.Mg.6H2O/h2*1H;;6*1H2/q;;+2;;;;;;/p-4. The van der Waals surface area contributed by atoms with Crippen LogP contribution in [0.15, 0.2) is 0 Å². The van der Waals surface area contributed by atoms with Gasteiger partial charge < -0.3 is 66.8 Å². The molecule has 6 nitrogen and oxygen atoms in total. The van der Waals surface area contributed by atoms with E-state index in [2.05, 4.69) is 0 Å².